The van der Waals surface area contributed by atoms with E-state index in [-0.39, 0.29) is 12.7 Å². The number of rotatable bonds is 6. The van der Waals surface area contributed by atoms with E-state index in [1.807, 2.05) is 0 Å². The van der Waals surface area contributed by atoms with E-state index < -0.39 is 6.10 Å². The number of aliphatic hydroxyl groups is 2. The highest BCUT2D eigenvalue weighted by Crippen LogP contribution is 1.96. The Balaban J connectivity index is 0. The van der Waals surface area contributed by atoms with Gasteiger partial charge in [-0.3, -0.25) is 0 Å². The van der Waals surface area contributed by atoms with Crippen LogP contribution < -0.4 is 0 Å². The second-order valence-corrected chi connectivity index (χ2v) is 3.88. The van der Waals surface area contributed by atoms with Gasteiger partial charge in [0.25, 0.3) is 0 Å². The summed E-state index contributed by atoms with van der Waals surface area (Å²) in [4.78, 5) is 0. The van der Waals surface area contributed by atoms with Gasteiger partial charge in [0.1, 0.15) is 0 Å². The first-order valence-electron chi connectivity index (χ1n) is 5.48. The van der Waals surface area contributed by atoms with Crippen molar-refractivity contribution in [3.63, 3.8) is 0 Å². The van der Waals surface area contributed by atoms with E-state index in [9.17, 15) is 0 Å². The summed E-state index contributed by atoms with van der Waals surface area (Å²) in [5.74, 6) is 0. The van der Waals surface area contributed by atoms with Crippen molar-refractivity contribution in [1.29, 1.82) is 0 Å². The number of allylic oxidation sites excluding steroid dienone is 1. The van der Waals surface area contributed by atoms with Crippen molar-refractivity contribution < 1.29 is 14.9 Å². The topological polar surface area (TPSA) is 49.7 Å². The van der Waals surface area contributed by atoms with Gasteiger partial charge in [0, 0.05) is 0 Å². The van der Waals surface area contributed by atoms with Gasteiger partial charge >= 0.3 is 0 Å². The largest absolute Gasteiger partial charge is 0.394 e. The Kier molecular flexibility index (Phi) is 13.3. The molecule has 2 unspecified atom stereocenters. The summed E-state index contributed by atoms with van der Waals surface area (Å²) in [5, 5.41) is 17.1. The first-order chi connectivity index (χ1) is 6.93. The standard InChI is InChI=1S/C6H14O3.C6H12/c1-5(8)4-9-6(2)3-7;1-4-5-6(2)3/h5-8H,3-4H2,1-2H3;2,4-5H2,1,3H3. The summed E-state index contributed by atoms with van der Waals surface area (Å²) in [6, 6.07) is 0. The second kappa shape index (κ2) is 11.7. The number of hydrogen-bond acceptors (Lipinski definition) is 3. The Morgan fingerprint density at radius 2 is 1.93 bits per heavy atom. The fourth-order valence-electron chi connectivity index (χ4n) is 0.783. The first kappa shape index (κ1) is 17.0. The molecule has 0 heterocycles. The average Bonchev–Trinajstić information content (AvgIpc) is 2.14. The van der Waals surface area contributed by atoms with Crippen molar-refractivity contribution >= 4 is 0 Å². The lowest BCUT2D eigenvalue weighted by molar-refractivity contribution is -0.0177. The van der Waals surface area contributed by atoms with E-state index in [0.717, 1.165) is 0 Å². The lowest BCUT2D eigenvalue weighted by atomic mass is 10.2. The Morgan fingerprint density at radius 3 is 2.13 bits per heavy atom. The molecular formula is C12H26O3. The molecule has 0 saturated heterocycles. The lowest BCUT2D eigenvalue weighted by Crippen LogP contribution is -2.19. The molecule has 2 N–H and O–H groups in total. The Morgan fingerprint density at radius 1 is 1.40 bits per heavy atom. The summed E-state index contributed by atoms with van der Waals surface area (Å²) in [5.41, 5.74) is 1.29. The maximum atomic E-state index is 8.69. The van der Waals surface area contributed by atoms with Crippen LogP contribution in [0, 0.1) is 0 Å². The predicted molar refractivity (Wildman–Crippen MR) is 63.9 cm³/mol. The van der Waals surface area contributed by atoms with Gasteiger partial charge in [-0.1, -0.05) is 18.9 Å². The van der Waals surface area contributed by atoms with Crippen LogP contribution in [0.1, 0.15) is 40.5 Å². The monoisotopic (exact) mass is 218 g/mol. The van der Waals surface area contributed by atoms with Crippen LogP contribution in [0.4, 0.5) is 0 Å². The zero-order chi connectivity index (χ0) is 12.3. The molecule has 0 aliphatic heterocycles. The van der Waals surface area contributed by atoms with Crippen molar-refractivity contribution in [3.8, 4) is 0 Å². The maximum Gasteiger partial charge on any atom is 0.0779 e. The van der Waals surface area contributed by atoms with Gasteiger partial charge in [-0.05, 0) is 27.2 Å². The molecule has 0 aliphatic rings. The molecule has 0 radical (unpaired) electrons. The van der Waals surface area contributed by atoms with Crippen LogP contribution in [0.5, 0.6) is 0 Å². The van der Waals surface area contributed by atoms with Crippen molar-refractivity contribution in [2.45, 2.75) is 52.7 Å². The molecule has 92 valence electrons. The zero-order valence-electron chi connectivity index (χ0n) is 10.5. The highest BCUT2D eigenvalue weighted by atomic mass is 16.5. The number of ether oxygens (including phenoxy) is 1. The van der Waals surface area contributed by atoms with Gasteiger partial charge in [0.05, 0.1) is 25.4 Å². The van der Waals surface area contributed by atoms with Crippen LogP contribution >= 0.6 is 0 Å². The van der Waals surface area contributed by atoms with Crippen LogP contribution in [-0.4, -0.2) is 35.6 Å². The normalized spacial score (nSPS) is 13.7. The maximum absolute atomic E-state index is 8.69. The van der Waals surface area contributed by atoms with Crippen molar-refractivity contribution in [2.24, 2.45) is 0 Å². The molecule has 0 aromatic heterocycles. The van der Waals surface area contributed by atoms with Crippen molar-refractivity contribution in [2.75, 3.05) is 13.2 Å². The summed E-state index contributed by atoms with van der Waals surface area (Å²) >= 11 is 0. The average molecular weight is 218 g/mol. The van der Waals surface area contributed by atoms with Gasteiger partial charge < -0.3 is 14.9 Å². The molecule has 0 saturated carbocycles. The summed E-state index contributed by atoms with van der Waals surface area (Å²) < 4.78 is 4.95. The molecule has 3 nitrogen and oxygen atoms in total. The highest BCUT2D eigenvalue weighted by molar-refractivity contribution is 4.86. The molecule has 0 amide bonds. The summed E-state index contributed by atoms with van der Waals surface area (Å²) in [6.45, 7) is 11.7. The SMILES string of the molecule is C=C(C)CCC.CC(O)COC(C)CO. The predicted octanol–water partition coefficient (Wildman–Crippen LogP) is 2.13. The molecule has 0 fully saturated rings. The molecule has 15 heavy (non-hydrogen) atoms. The van der Waals surface area contributed by atoms with E-state index in [1.54, 1.807) is 13.8 Å². The van der Waals surface area contributed by atoms with Crippen LogP contribution in [0.15, 0.2) is 12.2 Å². The molecule has 0 aromatic carbocycles. The minimum Gasteiger partial charge on any atom is -0.394 e. The first-order valence-corrected chi connectivity index (χ1v) is 5.48. The Labute approximate surface area is 93.8 Å². The number of aliphatic hydroxyl groups excluding tert-OH is 2. The molecule has 0 aliphatic carbocycles. The van der Waals surface area contributed by atoms with Gasteiger partial charge in [0.2, 0.25) is 0 Å². The minimum atomic E-state index is -0.445. The van der Waals surface area contributed by atoms with Crippen LogP contribution in [-0.2, 0) is 4.74 Å². The van der Waals surface area contributed by atoms with E-state index in [2.05, 4.69) is 20.4 Å². The highest BCUT2D eigenvalue weighted by Gasteiger charge is 2.00. The third kappa shape index (κ3) is 19.9. The van der Waals surface area contributed by atoms with Gasteiger partial charge in [-0.2, -0.15) is 0 Å². The third-order valence-electron chi connectivity index (χ3n) is 1.56. The third-order valence-corrected chi connectivity index (χ3v) is 1.56. The van der Waals surface area contributed by atoms with E-state index >= 15 is 0 Å². The van der Waals surface area contributed by atoms with Gasteiger partial charge in [0.15, 0.2) is 0 Å². The fourth-order valence-corrected chi connectivity index (χ4v) is 0.783. The van der Waals surface area contributed by atoms with Gasteiger partial charge in [-0.25, -0.2) is 0 Å². The number of hydrogen-bond donors (Lipinski definition) is 2. The second-order valence-electron chi connectivity index (χ2n) is 3.88. The van der Waals surface area contributed by atoms with Crippen molar-refractivity contribution in [1.82, 2.24) is 0 Å². The molecule has 0 bridgehead atoms. The van der Waals surface area contributed by atoms with Gasteiger partial charge in [-0.15, -0.1) is 6.58 Å². The molecule has 0 spiro atoms. The fraction of sp³-hybridized carbons (Fsp3) is 0.833. The van der Waals surface area contributed by atoms with Crippen molar-refractivity contribution in [3.05, 3.63) is 12.2 Å². The van der Waals surface area contributed by atoms with E-state index in [0.29, 0.717) is 6.61 Å². The van der Waals surface area contributed by atoms with E-state index in [4.69, 9.17) is 14.9 Å². The molecule has 0 rings (SSSR count). The van der Waals surface area contributed by atoms with Crippen LogP contribution in [0.25, 0.3) is 0 Å². The van der Waals surface area contributed by atoms with E-state index in [1.165, 1.54) is 18.4 Å². The summed E-state index contributed by atoms with van der Waals surface area (Å²) in [6.07, 6.45) is 1.80. The van der Waals surface area contributed by atoms with Crippen LogP contribution in [0.2, 0.25) is 0 Å². The summed E-state index contributed by atoms with van der Waals surface area (Å²) in [7, 11) is 0. The zero-order valence-corrected chi connectivity index (χ0v) is 10.5. The lowest BCUT2D eigenvalue weighted by Gasteiger charge is -2.10. The quantitative estimate of drug-likeness (QED) is 0.671. The molecule has 2 atom stereocenters. The van der Waals surface area contributed by atoms with Crippen LogP contribution in [0.3, 0.4) is 0 Å². The Hall–Kier alpha value is -0.380. The Bertz CT molecular complexity index is 144. The molecular weight excluding hydrogens is 192 g/mol. The smallest absolute Gasteiger partial charge is 0.0779 e. The molecule has 0 aromatic rings. The minimum absolute atomic E-state index is 0.00667. The molecule has 3 heteroatoms.